The van der Waals surface area contributed by atoms with Gasteiger partial charge in [-0.25, -0.2) is 4.39 Å². The van der Waals surface area contributed by atoms with Gasteiger partial charge in [-0.1, -0.05) is 25.9 Å². The van der Waals surface area contributed by atoms with E-state index >= 15 is 0 Å². The van der Waals surface area contributed by atoms with Gasteiger partial charge < -0.3 is 9.84 Å². The van der Waals surface area contributed by atoms with E-state index in [2.05, 4.69) is 10.5 Å². The second-order valence-electron chi connectivity index (χ2n) is 5.67. The van der Waals surface area contributed by atoms with Gasteiger partial charge in [0.15, 0.2) is 0 Å². The highest BCUT2D eigenvalue weighted by atomic mass is 19.1. The molecule has 0 radical (unpaired) electrons. The minimum atomic E-state index is -0.348. The van der Waals surface area contributed by atoms with Gasteiger partial charge in [0.05, 0.1) is 0 Å². The van der Waals surface area contributed by atoms with E-state index in [0.717, 1.165) is 0 Å². The fourth-order valence-electron chi connectivity index (χ4n) is 1.88. The van der Waals surface area contributed by atoms with Crippen LogP contribution in [0.15, 0.2) is 28.8 Å². The summed E-state index contributed by atoms with van der Waals surface area (Å²) in [5, 5.41) is 6.69. The molecule has 0 atom stereocenters. The van der Waals surface area contributed by atoms with Gasteiger partial charge in [-0.15, -0.1) is 0 Å². The molecule has 0 aliphatic heterocycles. The number of hydrogen-bond acceptors (Lipinski definition) is 3. The maximum absolute atomic E-state index is 12.8. The summed E-state index contributed by atoms with van der Waals surface area (Å²) in [5.41, 5.74) is 1.26. The number of benzene rings is 1. The lowest BCUT2D eigenvalue weighted by molar-refractivity contribution is 0.102. The predicted octanol–water partition coefficient (Wildman–Crippen LogP) is 3.67. The lowest BCUT2D eigenvalue weighted by Crippen LogP contribution is -2.21. The van der Waals surface area contributed by atoms with E-state index in [9.17, 15) is 9.18 Å². The predicted molar refractivity (Wildman–Crippen MR) is 74.3 cm³/mol. The summed E-state index contributed by atoms with van der Waals surface area (Å²) in [6.07, 6.45) is 0. The third-order valence-electron chi connectivity index (χ3n) is 2.90. The molecule has 0 spiro atoms. The molecule has 0 bridgehead atoms. The number of carbonyl (C=O) groups is 1. The normalized spacial score (nSPS) is 11.4. The zero-order valence-electron chi connectivity index (χ0n) is 12.0. The summed E-state index contributed by atoms with van der Waals surface area (Å²) in [6, 6.07) is 5.60. The Kier molecular flexibility index (Phi) is 3.61. The molecule has 0 saturated carbocycles. The molecule has 1 heterocycles. The minimum Gasteiger partial charge on any atom is -0.361 e. The van der Waals surface area contributed by atoms with Crippen molar-refractivity contribution in [3.8, 4) is 0 Å². The molecule has 1 aromatic heterocycles. The molecule has 5 heteroatoms. The molecule has 106 valence electrons. The number of amides is 1. The van der Waals surface area contributed by atoms with Crippen LogP contribution in [-0.4, -0.2) is 11.1 Å². The summed E-state index contributed by atoms with van der Waals surface area (Å²) in [5.74, 6) is -0.186. The van der Waals surface area contributed by atoms with Crippen molar-refractivity contribution in [3.63, 3.8) is 0 Å². The van der Waals surface area contributed by atoms with Crippen LogP contribution < -0.4 is 5.32 Å². The van der Waals surface area contributed by atoms with Crippen molar-refractivity contribution < 1.29 is 13.7 Å². The number of hydrogen-bond donors (Lipinski definition) is 1. The maximum atomic E-state index is 12.8. The van der Waals surface area contributed by atoms with Crippen LogP contribution in [0, 0.1) is 12.7 Å². The smallest absolute Gasteiger partial charge is 0.261 e. The highest BCUT2D eigenvalue weighted by molar-refractivity contribution is 6.05. The first kappa shape index (κ1) is 14.2. The molecule has 0 unspecified atom stereocenters. The van der Waals surface area contributed by atoms with Crippen LogP contribution in [0.25, 0.3) is 0 Å². The Morgan fingerprint density at radius 1 is 1.25 bits per heavy atom. The van der Waals surface area contributed by atoms with Crippen molar-refractivity contribution in [3.05, 3.63) is 47.1 Å². The third-order valence-corrected chi connectivity index (χ3v) is 2.90. The van der Waals surface area contributed by atoms with Crippen LogP contribution >= 0.6 is 0 Å². The molecular weight excluding hydrogens is 259 g/mol. The Balaban J connectivity index is 2.30. The Morgan fingerprint density at radius 3 is 2.40 bits per heavy atom. The molecule has 2 aromatic rings. The topological polar surface area (TPSA) is 55.1 Å². The van der Waals surface area contributed by atoms with E-state index in [4.69, 9.17) is 4.52 Å². The SMILES string of the molecule is Cc1onc(C(C)(C)C)c1C(=O)Nc1ccc(F)cc1. The van der Waals surface area contributed by atoms with E-state index in [0.29, 0.717) is 22.7 Å². The van der Waals surface area contributed by atoms with Crippen molar-refractivity contribution in [1.29, 1.82) is 0 Å². The van der Waals surface area contributed by atoms with Crippen molar-refractivity contribution in [2.24, 2.45) is 0 Å². The van der Waals surface area contributed by atoms with Crippen molar-refractivity contribution in [2.45, 2.75) is 33.1 Å². The average Bonchev–Trinajstić information content (AvgIpc) is 2.74. The second-order valence-corrected chi connectivity index (χ2v) is 5.67. The van der Waals surface area contributed by atoms with Gasteiger partial charge in [0.1, 0.15) is 22.8 Å². The van der Waals surface area contributed by atoms with E-state index in [1.807, 2.05) is 20.8 Å². The lowest BCUT2D eigenvalue weighted by Gasteiger charge is -2.16. The fourth-order valence-corrected chi connectivity index (χ4v) is 1.88. The quantitative estimate of drug-likeness (QED) is 0.910. The van der Waals surface area contributed by atoms with E-state index in [1.165, 1.54) is 24.3 Å². The number of rotatable bonds is 2. The largest absolute Gasteiger partial charge is 0.361 e. The average molecular weight is 276 g/mol. The first-order valence-electron chi connectivity index (χ1n) is 6.32. The summed E-state index contributed by atoms with van der Waals surface area (Å²) < 4.78 is 18.0. The summed E-state index contributed by atoms with van der Waals surface area (Å²) in [4.78, 5) is 12.3. The van der Waals surface area contributed by atoms with Crippen LogP contribution in [0.3, 0.4) is 0 Å². The van der Waals surface area contributed by atoms with Crippen molar-refractivity contribution in [1.82, 2.24) is 5.16 Å². The van der Waals surface area contributed by atoms with Crippen LogP contribution in [0.2, 0.25) is 0 Å². The molecule has 4 nitrogen and oxygen atoms in total. The van der Waals surface area contributed by atoms with Crippen LogP contribution in [0.1, 0.15) is 42.6 Å². The molecule has 1 aromatic carbocycles. The van der Waals surface area contributed by atoms with Crippen LogP contribution in [-0.2, 0) is 5.41 Å². The molecule has 20 heavy (non-hydrogen) atoms. The molecule has 1 N–H and O–H groups in total. The van der Waals surface area contributed by atoms with Gasteiger partial charge in [-0.2, -0.15) is 0 Å². The molecule has 0 fully saturated rings. The number of nitrogens with zero attached hydrogens (tertiary/aromatic N) is 1. The second kappa shape index (κ2) is 5.07. The van der Waals surface area contributed by atoms with E-state index < -0.39 is 0 Å². The summed E-state index contributed by atoms with van der Waals surface area (Å²) >= 11 is 0. The third kappa shape index (κ3) is 2.87. The number of nitrogens with one attached hydrogen (secondary N) is 1. The number of halogens is 1. The Hall–Kier alpha value is -2.17. The molecule has 1 amide bonds. The van der Waals surface area contributed by atoms with E-state index in [1.54, 1.807) is 6.92 Å². The number of carbonyl (C=O) groups excluding carboxylic acids is 1. The van der Waals surface area contributed by atoms with Gasteiger partial charge >= 0.3 is 0 Å². The van der Waals surface area contributed by atoms with Crippen molar-refractivity contribution >= 4 is 11.6 Å². The number of aryl methyl sites for hydroxylation is 1. The Bertz CT molecular complexity index is 624. The first-order valence-corrected chi connectivity index (χ1v) is 6.32. The van der Waals surface area contributed by atoms with Crippen LogP contribution in [0.4, 0.5) is 10.1 Å². The zero-order valence-corrected chi connectivity index (χ0v) is 12.0. The Labute approximate surface area is 117 Å². The lowest BCUT2D eigenvalue weighted by atomic mass is 9.88. The van der Waals surface area contributed by atoms with Gasteiger partial charge in [0.25, 0.3) is 5.91 Å². The molecule has 0 aliphatic rings. The summed E-state index contributed by atoms with van der Waals surface area (Å²) in [6.45, 7) is 7.57. The number of anilines is 1. The number of aromatic nitrogens is 1. The molecule has 2 rings (SSSR count). The zero-order chi connectivity index (χ0) is 14.9. The molecule has 0 saturated heterocycles. The Morgan fingerprint density at radius 2 is 1.85 bits per heavy atom. The fraction of sp³-hybridized carbons (Fsp3) is 0.333. The standard InChI is InChI=1S/C15H17FN2O2/c1-9-12(13(18-20-9)15(2,3)4)14(19)17-11-7-5-10(16)6-8-11/h5-8H,1-4H3,(H,17,19). The molecule has 0 aliphatic carbocycles. The first-order chi connectivity index (χ1) is 9.29. The summed E-state index contributed by atoms with van der Waals surface area (Å²) in [7, 11) is 0. The van der Waals surface area contributed by atoms with Gasteiger partial charge in [0.2, 0.25) is 0 Å². The van der Waals surface area contributed by atoms with Crippen LogP contribution in [0.5, 0.6) is 0 Å². The van der Waals surface area contributed by atoms with Gasteiger partial charge in [-0.3, -0.25) is 4.79 Å². The maximum Gasteiger partial charge on any atom is 0.261 e. The van der Waals surface area contributed by atoms with E-state index in [-0.39, 0.29) is 17.1 Å². The van der Waals surface area contributed by atoms with Crippen molar-refractivity contribution in [2.75, 3.05) is 5.32 Å². The highest BCUT2D eigenvalue weighted by Crippen LogP contribution is 2.27. The minimum absolute atomic E-state index is 0.298. The van der Waals surface area contributed by atoms with Gasteiger partial charge in [0, 0.05) is 11.1 Å². The monoisotopic (exact) mass is 276 g/mol. The molecular formula is C15H17FN2O2. The van der Waals surface area contributed by atoms with Gasteiger partial charge in [-0.05, 0) is 31.2 Å². The highest BCUT2D eigenvalue weighted by Gasteiger charge is 2.28.